The Morgan fingerprint density at radius 1 is 1.23 bits per heavy atom. The van der Waals surface area contributed by atoms with Gasteiger partial charge in [-0.15, -0.1) is 10.2 Å². The number of carbonyl (C=O) groups is 1. The Labute approximate surface area is 161 Å². The van der Waals surface area contributed by atoms with E-state index in [0.717, 1.165) is 28.8 Å². The number of carbonyl (C=O) groups excluding carboxylic acids is 1. The minimum atomic E-state index is -0.110. The number of aryl methyl sites for hydroxylation is 2. The van der Waals surface area contributed by atoms with Gasteiger partial charge < -0.3 is 9.73 Å². The average molecular weight is 388 g/mol. The van der Waals surface area contributed by atoms with Crippen molar-refractivity contribution in [2.75, 3.05) is 11.1 Å². The summed E-state index contributed by atoms with van der Waals surface area (Å²) in [5, 5.41) is 11.9. The van der Waals surface area contributed by atoms with Crippen molar-refractivity contribution in [2.45, 2.75) is 25.5 Å². The zero-order valence-corrected chi connectivity index (χ0v) is 16.0. The number of rotatable bonds is 6. The maximum Gasteiger partial charge on any atom is 0.277 e. The maximum absolute atomic E-state index is 12.3. The molecule has 0 atom stereocenters. The van der Waals surface area contributed by atoms with Crippen molar-refractivity contribution in [3.8, 4) is 11.5 Å². The number of nitrogens with zero attached hydrogens (tertiary/aromatic N) is 2. The van der Waals surface area contributed by atoms with Crippen molar-refractivity contribution < 1.29 is 9.21 Å². The van der Waals surface area contributed by atoms with Gasteiger partial charge in [-0.2, -0.15) is 0 Å². The van der Waals surface area contributed by atoms with Gasteiger partial charge in [0.1, 0.15) is 0 Å². The summed E-state index contributed by atoms with van der Waals surface area (Å²) in [6.07, 6.45) is 0.858. The van der Waals surface area contributed by atoms with E-state index in [9.17, 15) is 4.79 Å². The van der Waals surface area contributed by atoms with E-state index < -0.39 is 0 Å². The molecule has 1 heterocycles. The third-order valence-corrected chi connectivity index (χ3v) is 4.86. The summed E-state index contributed by atoms with van der Waals surface area (Å²) < 4.78 is 5.60. The first-order chi connectivity index (χ1) is 12.6. The molecule has 0 aliphatic carbocycles. The molecule has 7 heteroatoms. The summed E-state index contributed by atoms with van der Waals surface area (Å²) in [6.45, 7) is 4.05. The zero-order valence-electron chi connectivity index (χ0n) is 14.5. The number of halogens is 1. The first-order valence-electron chi connectivity index (χ1n) is 8.17. The van der Waals surface area contributed by atoms with Crippen molar-refractivity contribution in [2.24, 2.45) is 0 Å². The molecule has 3 rings (SSSR count). The summed E-state index contributed by atoms with van der Waals surface area (Å²) in [5.74, 6) is 0.457. The van der Waals surface area contributed by atoms with Crippen LogP contribution >= 0.6 is 23.4 Å². The van der Waals surface area contributed by atoms with E-state index in [-0.39, 0.29) is 11.7 Å². The molecule has 0 fully saturated rings. The van der Waals surface area contributed by atoms with Crippen LogP contribution in [0.15, 0.2) is 52.1 Å². The maximum atomic E-state index is 12.3. The van der Waals surface area contributed by atoms with Gasteiger partial charge in [-0.05, 0) is 42.7 Å². The summed E-state index contributed by atoms with van der Waals surface area (Å²) >= 11 is 7.17. The van der Waals surface area contributed by atoms with Gasteiger partial charge in [0, 0.05) is 16.3 Å². The van der Waals surface area contributed by atoms with Crippen LogP contribution in [0.25, 0.3) is 11.5 Å². The first kappa shape index (κ1) is 18.5. The number of nitrogens with one attached hydrogen (secondary N) is 1. The van der Waals surface area contributed by atoms with Crippen molar-refractivity contribution in [3.63, 3.8) is 0 Å². The molecule has 26 heavy (non-hydrogen) atoms. The van der Waals surface area contributed by atoms with Crippen LogP contribution in [0.2, 0.25) is 5.02 Å². The second-order valence-corrected chi connectivity index (χ2v) is 7.05. The molecular weight excluding hydrogens is 370 g/mol. The Kier molecular flexibility index (Phi) is 5.96. The van der Waals surface area contributed by atoms with Gasteiger partial charge in [0.25, 0.3) is 5.22 Å². The van der Waals surface area contributed by atoms with Crippen LogP contribution in [0.4, 0.5) is 5.69 Å². The molecule has 0 aliphatic rings. The quantitative estimate of drug-likeness (QED) is 0.603. The number of benzene rings is 2. The summed E-state index contributed by atoms with van der Waals surface area (Å²) in [6, 6.07) is 13.2. The van der Waals surface area contributed by atoms with Crippen molar-refractivity contribution in [1.82, 2.24) is 10.2 Å². The number of anilines is 1. The standard InChI is InChI=1S/C19H18ClN3O2S/c1-3-13-7-4-6-12(2)17(13)21-16(24)11-26-19-23-22-18(25-19)14-8-5-9-15(20)10-14/h4-10H,3,11H2,1-2H3,(H,21,24). The van der Waals surface area contributed by atoms with Gasteiger partial charge >= 0.3 is 0 Å². The molecule has 1 amide bonds. The van der Waals surface area contributed by atoms with Gasteiger partial charge in [0.2, 0.25) is 11.8 Å². The third-order valence-electron chi connectivity index (χ3n) is 3.81. The summed E-state index contributed by atoms with van der Waals surface area (Å²) in [7, 11) is 0. The van der Waals surface area contributed by atoms with Crippen LogP contribution in [0.3, 0.4) is 0 Å². The predicted molar refractivity (Wildman–Crippen MR) is 105 cm³/mol. The van der Waals surface area contributed by atoms with Gasteiger partial charge in [0.15, 0.2) is 0 Å². The molecule has 0 spiro atoms. The molecule has 0 saturated heterocycles. The molecule has 0 aliphatic heterocycles. The molecule has 0 radical (unpaired) electrons. The fourth-order valence-corrected chi connectivity index (χ4v) is 3.26. The highest BCUT2D eigenvalue weighted by Crippen LogP contribution is 2.26. The van der Waals surface area contributed by atoms with E-state index in [1.54, 1.807) is 12.1 Å². The van der Waals surface area contributed by atoms with E-state index in [2.05, 4.69) is 22.4 Å². The second-order valence-electron chi connectivity index (χ2n) is 5.68. The summed E-state index contributed by atoms with van der Waals surface area (Å²) in [5.41, 5.74) is 3.78. The Hall–Kier alpha value is -2.31. The van der Waals surface area contributed by atoms with Crippen LogP contribution in [0.1, 0.15) is 18.1 Å². The van der Waals surface area contributed by atoms with Crippen molar-refractivity contribution in [1.29, 1.82) is 0 Å². The van der Waals surface area contributed by atoms with Gasteiger partial charge in [0.05, 0.1) is 5.75 Å². The fourth-order valence-electron chi connectivity index (χ4n) is 2.51. The van der Waals surface area contributed by atoms with Crippen LogP contribution in [-0.4, -0.2) is 21.9 Å². The number of hydrogen-bond acceptors (Lipinski definition) is 5. The Morgan fingerprint density at radius 3 is 2.81 bits per heavy atom. The molecule has 0 saturated carbocycles. The largest absolute Gasteiger partial charge is 0.411 e. The number of thioether (sulfide) groups is 1. The number of hydrogen-bond donors (Lipinski definition) is 1. The highest BCUT2D eigenvalue weighted by atomic mass is 35.5. The van der Waals surface area contributed by atoms with E-state index in [1.807, 2.05) is 37.3 Å². The minimum absolute atomic E-state index is 0.110. The van der Waals surface area contributed by atoms with E-state index in [1.165, 1.54) is 11.8 Å². The number of para-hydroxylation sites is 1. The lowest BCUT2D eigenvalue weighted by Gasteiger charge is -2.12. The first-order valence-corrected chi connectivity index (χ1v) is 9.53. The lowest BCUT2D eigenvalue weighted by atomic mass is 10.1. The topological polar surface area (TPSA) is 68.0 Å². The van der Waals surface area contributed by atoms with E-state index >= 15 is 0 Å². The molecular formula is C19H18ClN3O2S. The van der Waals surface area contributed by atoms with Crippen LogP contribution < -0.4 is 5.32 Å². The molecule has 0 bridgehead atoms. The van der Waals surface area contributed by atoms with Crippen molar-refractivity contribution >= 4 is 35.0 Å². The second kappa shape index (κ2) is 8.38. The monoisotopic (exact) mass is 387 g/mol. The average Bonchev–Trinajstić information content (AvgIpc) is 3.11. The molecule has 0 unspecified atom stereocenters. The Bertz CT molecular complexity index is 927. The number of aromatic nitrogens is 2. The van der Waals surface area contributed by atoms with Crippen LogP contribution in [0.5, 0.6) is 0 Å². The van der Waals surface area contributed by atoms with E-state index in [4.69, 9.17) is 16.0 Å². The van der Waals surface area contributed by atoms with Gasteiger partial charge in [-0.3, -0.25) is 4.79 Å². The van der Waals surface area contributed by atoms with Gasteiger partial charge in [-0.25, -0.2) is 0 Å². The molecule has 3 aromatic rings. The lowest BCUT2D eigenvalue weighted by Crippen LogP contribution is -2.16. The van der Waals surface area contributed by atoms with Crippen molar-refractivity contribution in [3.05, 3.63) is 58.6 Å². The SMILES string of the molecule is CCc1cccc(C)c1NC(=O)CSc1nnc(-c2cccc(Cl)c2)o1. The summed E-state index contributed by atoms with van der Waals surface area (Å²) in [4.78, 5) is 12.3. The Morgan fingerprint density at radius 2 is 2.04 bits per heavy atom. The number of amides is 1. The molecule has 2 aromatic carbocycles. The molecule has 1 aromatic heterocycles. The highest BCUT2D eigenvalue weighted by Gasteiger charge is 2.13. The van der Waals surface area contributed by atoms with Gasteiger partial charge in [-0.1, -0.05) is 54.6 Å². The molecule has 1 N–H and O–H groups in total. The molecule has 5 nitrogen and oxygen atoms in total. The fraction of sp³-hybridized carbons (Fsp3) is 0.211. The van der Waals surface area contributed by atoms with Crippen LogP contribution in [0, 0.1) is 6.92 Å². The minimum Gasteiger partial charge on any atom is -0.411 e. The van der Waals surface area contributed by atoms with Crippen LogP contribution in [-0.2, 0) is 11.2 Å². The highest BCUT2D eigenvalue weighted by molar-refractivity contribution is 7.99. The normalized spacial score (nSPS) is 10.7. The molecule has 134 valence electrons. The van der Waals surface area contributed by atoms with E-state index in [0.29, 0.717) is 16.1 Å². The Balaban J connectivity index is 1.62. The third kappa shape index (κ3) is 4.45. The smallest absolute Gasteiger partial charge is 0.277 e. The lowest BCUT2D eigenvalue weighted by molar-refractivity contribution is -0.113. The predicted octanol–water partition coefficient (Wildman–Crippen LogP) is 4.99. The zero-order chi connectivity index (χ0) is 18.5.